The van der Waals surface area contributed by atoms with Gasteiger partial charge in [0.15, 0.2) is 0 Å². The van der Waals surface area contributed by atoms with Gasteiger partial charge in [-0.15, -0.1) is 12.4 Å². The molecule has 19 heavy (non-hydrogen) atoms. The Morgan fingerprint density at radius 3 is 2.42 bits per heavy atom. The highest BCUT2D eigenvalue weighted by molar-refractivity contribution is 6.48. The van der Waals surface area contributed by atoms with Crippen LogP contribution in [0.5, 0.6) is 5.75 Å². The molecular formula is C13H19Cl4NO. The molecule has 1 aromatic carbocycles. The lowest BCUT2D eigenvalue weighted by Crippen LogP contribution is -2.22. The van der Waals surface area contributed by atoms with Gasteiger partial charge in [0.25, 0.3) is 0 Å². The molecule has 0 unspecified atom stereocenters. The van der Waals surface area contributed by atoms with E-state index in [1.807, 2.05) is 7.05 Å². The summed E-state index contributed by atoms with van der Waals surface area (Å²) < 4.78 is 5.91. The number of nitrogens with one attached hydrogen (secondary N) is 1. The topological polar surface area (TPSA) is 21.3 Å². The molecule has 6 heteroatoms. The maximum atomic E-state index is 6.12. The van der Waals surface area contributed by atoms with Crippen LogP contribution < -0.4 is 10.1 Å². The van der Waals surface area contributed by atoms with Gasteiger partial charge in [-0.25, -0.2) is 0 Å². The summed E-state index contributed by atoms with van der Waals surface area (Å²) in [6.07, 6.45) is 3.11. The van der Waals surface area contributed by atoms with E-state index in [1.54, 1.807) is 12.1 Å². The van der Waals surface area contributed by atoms with Crippen molar-refractivity contribution in [3.05, 3.63) is 27.2 Å². The van der Waals surface area contributed by atoms with Gasteiger partial charge in [0.1, 0.15) is 10.8 Å². The van der Waals surface area contributed by atoms with Crippen LogP contribution in [0.2, 0.25) is 15.1 Å². The Labute approximate surface area is 136 Å². The molecule has 0 heterocycles. The lowest BCUT2D eigenvalue weighted by Gasteiger charge is -2.19. The molecule has 0 aliphatic heterocycles. The molecule has 110 valence electrons. The van der Waals surface area contributed by atoms with Crippen molar-refractivity contribution in [1.82, 2.24) is 5.32 Å². The fourth-order valence-electron chi connectivity index (χ4n) is 1.67. The zero-order valence-corrected chi connectivity index (χ0v) is 14.1. The Kier molecular flexibility index (Phi) is 10.0. The van der Waals surface area contributed by atoms with Gasteiger partial charge in [-0.3, -0.25) is 0 Å². The second-order valence-electron chi connectivity index (χ2n) is 4.09. The smallest absolute Gasteiger partial charge is 0.139 e. The second-order valence-corrected chi connectivity index (χ2v) is 5.26. The van der Waals surface area contributed by atoms with E-state index in [4.69, 9.17) is 39.5 Å². The highest BCUT2D eigenvalue weighted by Crippen LogP contribution is 2.37. The number of benzene rings is 1. The molecule has 0 bridgehead atoms. The van der Waals surface area contributed by atoms with Crippen molar-refractivity contribution in [2.24, 2.45) is 0 Å². The molecule has 0 aliphatic carbocycles. The molecule has 1 rings (SSSR count). The van der Waals surface area contributed by atoms with Crippen molar-refractivity contribution in [2.75, 3.05) is 13.6 Å². The SMILES string of the molecule is CCC[C@H](CCNC)Oc1ccc(Cl)c(Cl)c1Cl.Cl. The molecular weight excluding hydrogens is 328 g/mol. The van der Waals surface area contributed by atoms with Crippen molar-refractivity contribution < 1.29 is 4.74 Å². The Morgan fingerprint density at radius 1 is 1.16 bits per heavy atom. The van der Waals surface area contributed by atoms with Crippen LogP contribution in [0, 0.1) is 0 Å². The van der Waals surface area contributed by atoms with Gasteiger partial charge >= 0.3 is 0 Å². The highest BCUT2D eigenvalue weighted by atomic mass is 35.5. The third kappa shape index (κ3) is 5.97. The predicted molar refractivity (Wildman–Crippen MR) is 86.6 cm³/mol. The average molecular weight is 347 g/mol. The van der Waals surface area contributed by atoms with Crippen LogP contribution in [0.25, 0.3) is 0 Å². The van der Waals surface area contributed by atoms with Gasteiger partial charge in [-0.2, -0.15) is 0 Å². The van der Waals surface area contributed by atoms with Gasteiger partial charge in [0.2, 0.25) is 0 Å². The fourth-order valence-corrected chi connectivity index (χ4v) is 2.24. The monoisotopic (exact) mass is 345 g/mol. The predicted octanol–water partition coefficient (Wildman–Crippen LogP) is 5.23. The minimum absolute atomic E-state index is 0. The van der Waals surface area contributed by atoms with E-state index in [2.05, 4.69) is 12.2 Å². The molecule has 0 aliphatic rings. The van der Waals surface area contributed by atoms with E-state index >= 15 is 0 Å². The molecule has 1 atom stereocenters. The van der Waals surface area contributed by atoms with Crippen molar-refractivity contribution in [3.8, 4) is 5.75 Å². The number of hydrogen-bond acceptors (Lipinski definition) is 2. The van der Waals surface area contributed by atoms with Gasteiger partial charge in [0, 0.05) is 0 Å². The Balaban J connectivity index is 0.00000324. The Morgan fingerprint density at radius 2 is 1.84 bits per heavy atom. The third-order valence-electron chi connectivity index (χ3n) is 2.62. The summed E-state index contributed by atoms with van der Waals surface area (Å²) in [5.74, 6) is 0.598. The van der Waals surface area contributed by atoms with Gasteiger partial charge in [-0.1, -0.05) is 48.1 Å². The number of halogens is 4. The Hall–Kier alpha value is 0.140. The lowest BCUT2D eigenvalue weighted by atomic mass is 10.1. The zero-order chi connectivity index (χ0) is 13.5. The van der Waals surface area contributed by atoms with Crippen LogP contribution in [-0.2, 0) is 0 Å². The molecule has 0 saturated carbocycles. The van der Waals surface area contributed by atoms with Crippen LogP contribution in [0.1, 0.15) is 26.2 Å². The van der Waals surface area contributed by atoms with Gasteiger partial charge in [0.05, 0.1) is 16.1 Å². The van der Waals surface area contributed by atoms with E-state index in [1.165, 1.54) is 0 Å². The van der Waals surface area contributed by atoms with E-state index in [0.29, 0.717) is 20.8 Å². The largest absolute Gasteiger partial charge is 0.489 e. The minimum Gasteiger partial charge on any atom is -0.489 e. The van der Waals surface area contributed by atoms with E-state index in [-0.39, 0.29) is 18.5 Å². The average Bonchev–Trinajstić information content (AvgIpc) is 2.36. The Bertz CT molecular complexity index is 387. The molecule has 1 N–H and O–H groups in total. The molecule has 0 amide bonds. The van der Waals surface area contributed by atoms with Gasteiger partial charge < -0.3 is 10.1 Å². The number of rotatable bonds is 7. The summed E-state index contributed by atoms with van der Waals surface area (Å²) in [6, 6.07) is 3.46. The van der Waals surface area contributed by atoms with Crippen molar-refractivity contribution in [1.29, 1.82) is 0 Å². The van der Waals surface area contributed by atoms with Crippen LogP contribution in [0.3, 0.4) is 0 Å². The van der Waals surface area contributed by atoms with Gasteiger partial charge in [-0.05, 0) is 38.6 Å². The van der Waals surface area contributed by atoms with Crippen molar-refractivity contribution in [3.63, 3.8) is 0 Å². The number of ether oxygens (including phenoxy) is 1. The molecule has 0 radical (unpaired) electrons. The second kappa shape index (κ2) is 9.95. The van der Waals surface area contributed by atoms with Crippen molar-refractivity contribution >= 4 is 47.2 Å². The fraction of sp³-hybridized carbons (Fsp3) is 0.538. The number of hydrogen-bond donors (Lipinski definition) is 1. The summed E-state index contributed by atoms with van der Waals surface area (Å²) in [6.45, 7) is 3.04. The van der Waals surface area contributed by atoms with E-state index < -0.39 is 0 Å². The molecule has 1 aromatic rings. The maximum absolute atomic E-state index is 6.12. The zero-order valence-electron chi connectivity index (χ0n) is 11.0. The molecule has 0 fully saturated rings. The van der Waals surface area contributed by atoms with Crippen LogP contribution in [0.15, 0.2) is 12.1 Å². The first kappa shape index (κ1) is 19.1. The van der Waals surface area contributed by atoms with Crippen LogP contribution in [0.4, 0.5) is 0 Å². The van der Waals surface area contributed by atoms with Crippen LogP contribution >= 0.6 is 47.2 Å². The standard InChI is InChI=1S/C13H18Cl3NO.ClH/c1-3-4-9(7-8-17-2)18-11-6-5-10(14)12(15)13(11)16;/h5-6,9,17H,3-4,7-8H2,1-2H3;1H/t9-;/m1./s1. The first-order chi connectivity index (χ1) is 8.60. The summed E-state index contributed by atoms with van der Waals surface area (Å²) >= 11 is 18.0. The van der Waals surface area contributed by atoms with Crippen LogP contribution in [-0.4, -0.2) is 19.7 Å². The highest BCUT2D eigenvalue weighted by Gasteiger charge is 2.14. The molecule has 2 nitrogen and oxygen atoms in total. The molecule has 0 saturated heterocycles. The molecule has 0 aromatic heterocycles. The maximum Gasteiger partial charge on any atom is 0.139 e. The summed E-state index contributed by atoms with van der Waals surface area (Å²) in [5, 5.41) is 4.29. The van der Waals surface area contributed by atoms with Crippen molar-refractivity contribution in [2.45, 2.75) is 32.3 Å². The third-order valence-corrected chi connectivity index (χ3v) is 3.90. The first-order valence-electron chi connectivity index (χ1n) is 6.04. The first-order valence-corrected chi connectivity index (χ1v) is 7.18. The normalized spacial score (nSPS) is 11.8. The summed E-state index contributed by atoms with van der Waals surface area (Å²) in [7, 11) is 1.93. The quantitative estimate of drug-likeness (QED) is 0.683. The molecule has 0 spiro atoms. The lowest BCUT2D eigenvalue weighted by molar-refractivity contribution is 0.180. The minimum atomic E-state index is 0. The summed E-state index contributed by atoms with van der Waals surface area (Å²) in [5.41, 5.74) is 0. The van der Waals surface area contributed by atoms with E-state index in [9.17, 15) is 0 Å². The van der Waals surface area contributed by atoms with E-state index in [0.717, 1.165) is 25.8 Å². The summed E-state index contributed by atoms with van der Waals surface area (Å²) in [4.78, 5) is 0.